The van der Waals surface area contributed by atoms with E-state index >= 15 is 0 Å². The number of benzene rings is 2. The average Bonchev–Trinajstić information content (AvgIpc) is 3.24. The quantitative estimate of drug-likeness (QED) is 0.498. The fraction of sp³-hybridized carbons (Fsp3) is 0. The maximum absolute atomic E-state index is 12.3. The zero-order chi connectivity index (χ0) is 20.3. The smallest absolute Gasteiger partial charge is 0.255 e. The number of rotatable bonds is 4. The summed E-state index contributed by atoms with van der Waals surface area (Å²) < 4.78 is 1.71. The molecular formula is C23H16N6O. The van der Waals surface area contributed by atoms with Gasteiger partial charge in [0.25, 0.3) is 5.91 Å². The number of nitrogens with one attached hydrogen (secondary N) is 1. The first-order chi connectivity index (χ1) is 14.8. The summed E-state index contributed by atoms with van der Waals surface area (Å²) in [5.74, 6) is 0.486. The monoisotopic (exact) mass is 392 g/mol. The number of aromatic nitrogens is 5. The molecule has 144 valence electrons. The van der Waals surface area contributed by atoms with E-state index in [9.17, 15) is 4.79 Å². The maximum atomic E-state index is 12.3. The van der Waals surface area contributed by atoms with Crippen molar-refractivity contribution in [2.24, 2.45) is 0 Å². The van der Waals surface area contributed by atoms with Gasteiger partial charge in [-0.1, -0.05) is 30.3 Å². The van der Waals surface area contributed by atoms with Crippen LogP contribution in [0.5, 0.6) is 0 Å². The summed E-state index contributed by atoms with van der Waals surface area (Å²) in [7, 11) is 0. The average molecular weight is 392 g/mol. The standard InChI is InChI=1S/C23H16N6O/c30-23(17-5-2-1-3-6-17)25-19-10-8-16(9-11-19)20-12-13-21-26-27-22(29(21)28-20)18-7-4-14-24-15-18/h1-15H,(H,25,30). The minimum atomic E-state index is -0.145. The van der Waals surface area contributed by atoms with E-state index in [1.165, 1.54) is 0 Å². The van der Waals surface area contributed by atoms with Crippen LogP contribution in [-0.2, 0) is 0 Å². The van der Waals surface area contributed by atoms with Gasteiger partial charge in [0.05, 0.1) is 5.69 Å². The molecule has 0 aliphatic carbocycles. The van der Waals surface area contributed by atoms with Crippen LogP contribution in [0.1, 0.15) is 10.4 Å². The molecular weight excluding hydrogens is 376 g/mol. The summed E-state index contributed by atoms with van der Waals surface area (Å²) in [6.07, 6.45) is 3.44. The third kappa shape index (κ3) is 3.40. The molecule has 1 N–H and O–H groups in total. The van der Waals surface area contributed by atoms with Crippen molar-refractivity contribution in [3.05, 3.63) is 96.8 Å². The largest absolute Gasteiger partial charge is 0.322 e. The highest BCUT2D eigenvalue weighted by Crippen LogP contribution is 2.22. The van der Waals surface area contributed by atoms with Crippen LogP contribution in [-0.4, -0.2) is 30.7 Å². The van der Waals surface area contributed by atoms with E-state index in [0.29, 0.717) is 22.7 Å². The minimum Gasteiger partial charge on any atom is -0.322 e. The molecule has 0 atom stereocenters. The Labute approximate surface area is 172 Å². The van der Waals surface area contributed by atoms with Gasteiger partial charge in [-0.15, -0.1) is 10.2 Å². The highest BCUT2D eigenvalue weighted by Gasteiger charge is 2.11. The first kappa shape index (κ1) is 17.7. The summed E-state index contributed by atoms with van der Waals surface area (Å²) in [6, 6.07) is 24.2. The topological polar surface area (TPSA) is 85.1 Å². The molecule has 0 saturated heterocycles. The summed E-state index contributed by atoms with van der Waals surface area (Å²) in [6.45, 7) is 0. The fourth-order valence-electron chi connectivity index (χ4n) is 3.13. The number of hydrogen-bond acceptors (Lipinski definition) is 5. The molecule has 2 aromatic carbocycles. The van der Waals surface area contributed by atoms with Crippen molar-refractivity contribution < 1.29 is 4.79 Å². The Morgan fingerprint density at radius 2 is 1.63 bits per heavy atom. The second-order valence-corrected chi connectivity index (χ2v) is 6.65. The third-order valence-corrected chi connectivity index (χ3v) is 4.66. The van der Waals surface area contributed by atoms with Crippen LogP contribution < -0.4 is 5.32 Å². The van der Waals surface area contributed by atoms with E-state index < -0.39 is 0 Å². The molecule has 0 unspecified atom stereocenters. The van der Waals surface area contributed by atoms with Crippen LogP contribution in [0, 0.1) is 0 Å². The van der Waals surface area contributed by atoms with Crippen LogP contribution in [0.4, 0.5) is 5.69 Å². The van der Waals surface area contributed by atoms with Crippen molar-refractivity contribution in [3.63, 3.8) is 0 Å². The normalized spacial score (nSPS) is 10.8. The molecule has 30 heavy (non-hydrogen) atoms. The molecule has 7 nitrogen and oxygen atoms in total. The molecule has 0 aliphatic heterocycles. The van der Waals surface area contributed by atoms with Gasteiger partial charge < -0.3 is 5.32 Å². The Balaban J connectivity index is 1.42. The lowest BCUT2D eigenvalue weighted by Crippen LogP contribution is -2.11. The van der Waals surface area contributed by atoms with Crippen LogP contribution in [0.3, 0.4) is 0 Å². The number of anilines is 1. The fourth-order valence-corrected chi connectivity index (χ4v) is 3.13. The Kier molecular flexibility index (Phi) is 4.46. The number of amides is 1. The van der Waals surface area contributed by atoms with Gasteiger partial charge in [-0.2, -0.15) is 9.61 Å². The van der Waals surface area contributed by atoms with Crippen LogP contribution in [0.25, 0.3) is 28.3 Å². The van der Waals surface area contributed by atoms with E-state index in [1.807, 2.05) is 66.7 Å². The number of carbonyl (C=O) groups is 1. The van der Waals surface area contributed by atoms with Gasteiger partial charge in [-0.05, 0) is 48.5 Å². The summed E-state index contributed by atoms with van der Waals surface area (Å²) in [4.78, 5) is 16.5. The molecule has 0 saturated carbocycles. The maximum Gasteiger partial charge on any atom is 0.255 e. The Hall–Kier alpha value is -4.39. The van der Waals surface area contributed by atoms with Gasteiger partial charge in [-0.25, -0.2) is 0 Å². The summed E-state index contributed by atoms with van der Waals surface area (Å²) in [5, 5.41) is 16.0. The van der Waals surface area contributed by atoms with Gasteiger partial charge in [0.2, 0.25) is 0 Å². The van der Waals surface area contributed by atoms with Gasteiger partial charge >= 0.3 is 0 Å². The third-order valence-electron chi connectivity index (χ3n) is 4.66. The van der Waals surface area contributed by atoms with Crippen LogP contribution >= 0.6 is 0 Å². The second-order valence-electron chi connectivity index (χ2n) is 6.65. The van der Waals surface area contributed by atoms with E-state index in [0.717, 1.165) is 16.8 Å². The second kappa shape index (κ2) is 7.56. The van der Waals surface area contributed by atoms with Gasteiger partial charge in [0.1, 0.15) is 0 Å². The Morgan fingerprint density at radius 1 is 0.800 bits per heavy atom. The van der Waals surface area contributed by atoms with Crippen LogP contribution in [0.15, 0.2) is 91.3 Å². The Bertz CT molecular complexity index is 1310. The minimum absolute atomic E-state index is 0.145. The van der Waals surface area contributed by atoms with E-state index in [1.54, 1.807) is 29.0 Å². The molecule has 3 aromatic heterocycles. The van der Waals surface area contributed by atoms with Crippen molar-refractivity contribution >= 4 is 17.2 Å². The van der Waals surface area contributed by atoms with E-state index in [4.69, 9.17) is 5.10 Å². The molecule has 5 rings (SSSR count). The molecule has 1 amide bonds. The molecule has 0 radical (unpaired) electrons. The molecule has 0 fully saturated rings. The van der Waals surface area contributed by atoms with Crippen LogP contribution in [0.2, 0.25) is 0 Å². The van der Waals surface area contributed by atoms with Crippen molar-refractivity contribution in [2.75, 3.05) is 5.32 Å². The molecule has 7 heteroatoms. The number of fused-ring (bicyclic) bond motifs is 1. The number of nitrogens with zero attached hydrogens (tertiary/aromatic N) is 5. The first-order valence-electron chi connectivity index (χ1n) is 9.38. The zero-order valence-corrected chi connectivity index (χ0v) is 15.8. The van der Waals surface area contributed by atoms with Gasteiger partial charge in [0.15, 0.2) is 11.5 Å². The lowest BCUT2D eigenvalue weighted by Gasteiger charge is -2.07. The first-order valence-corrected chi connectivity index (χ1v) is 9.38. The number of pyridine rings is 1. The summed E-state index contributed by atoms with van der Waals surface area (Å²) in [5.41, 5.74) is 4.52. The van der Waals surface area contributed by atoms with Crippen molar-refractivity contribution in [1.82, 2.24) is 24.8 Å². The molecule has 0 spiro atoms. The molecule has 5 aromatic rings. The Morgan fingerprint density at radius 3 is 2.40 bits per heavy atom. The van der Waals surface area contributed by atoms with Crippen molar-refractivity contribution in [3.8, 4) is 22.6 Å². The highest BCUT2D eigenvalue weighted by molar-refractivity contribution is 6.04. The predicted octanol–water partition coefficient (Wildman–Crippen LogP) is 4.11. The lowest BCUT2D eigenvalue weighted by molar-refractivity contribution is 0.102. The lowest BCUT2D eigenvalue weighted by atomic mass is 10.1. The van der Waals surface area contributed by atoms with Gasteiger partial charge in [0, 0.05) is 34.8 Å². The number of carbonyl (C=O) groups excluding carboxylic acids is 1. The SMILES string of the molecule is O=C(Nc1ccc(-c2ccc3nnc(-c4cccnc4)n3n2)cc1)c1ccccc1. The van der Waals surface area contributed by atoms with Crippen molar-refractivity contribution in [1.29, 1.82) is 0 Å². The highest BCUT2D eigenvalue weighted by atomic mass is 16.1. The predicted molar refractivity (Wildman–Crippen MR) is 114 cm³/mol. The summed E-state index contributed by atoms with van der Waals surface area (Å²) >= 11 is 0. The van der Waals surface area contributed by atoms with E-state index in [-0.39, 0.29) is 5.91 Å². The molecule has 0 bridgehead atoms. The molecule has 0 aliphatic rings. The van der Waals surface area contributed by atoms with E-state index in [2.05, 4.69) is 20.5 Å². The molecule has 3 heterocycles. The number of hydrogen-bond donors (Lipinski definition) is 1. The zero-order valence-electron chi connectivity index (χ0n) is 15.8. The van der Waals surface area contributed by atoms with Crippen molar-refractivity contribution in [2.45, 2.75) is 0 Å². The van der Waals surface area contributed by atoms with Gasteiger partial charge in [-0.3, -0.25) is 9.78 Å².